The molecule has 0 heterocycles. The van der Waals surface area contributed by atoms with Gasteiger partial charge in [0.15, 0.2) is 5.82 Å². The van der Waals surface area contributed by atoms with E-state index in [4.69, 9.17) is 0 Å². The average Bonchev–Trinajstić information content (AvgIpc) is 2.63. The zero-order valence-electron chi connectivity index (χ0n) is 15.7. The third-order valence-corrected chi connectivity index (χ3v) is 4.46. The first-order valence-corrected chi connectivity index (χ1v) is 9.51. The molecule has 0 saturated carbocycles. The first kappa shape index (κ1) is 20.0. The zero-order valence-corrected chi connectivity index (χ0v) is 16.5. The highest BCUT2D eigenvalue weighted by Crippen LogP contribution is 2.24. The second-order valence-electron chi connectivity index (χ2n) is 6.38. The van der Waals surface area contributed by atoms with Crippen LogP contribution >= 0.6 is 12.2 Å². The second-order valence-corrected chi connectivity index (χ2v) is 6.56. The van der Waals surface area contributed by atoms with Crippen LogP contribution in [-0.2, 0) is 12.8 Å². The molecule has 0 amide bonds. The summed E-state index contributed by atoms with van der Waals surface area (Å²) in [5.41, 5.74) is 5.18. The van der Waals surface area contributed by atoms with Crippen LogP contribution in [0.1, 0.15) is 60.9 Å². The number of nitrogens with zero attached hydrogens (tertiary/aromatic N) is 1. The van der Waals surface area contributed by atoms with Gasteiger partial charge in [-0.25, -0.2) is 4.39 Å². The van der Waals surface area contributed by atoms with Crippen LogP contribution in [0.2, 0.25) is 0 Å². The van der Waals surface area contributed by atoms with Gasteiger partial charge in [0.25, 0.3) is 0 Å². The third-order valence-electron chi connectivity index (χ3n) is 4.37. The molecule has 0 radical (unpaired) electrons. The minimum absolute atomic E-state index is 0.233. The first-order chi connectivity index (χ1) is 12.6. The lowest BCUT2D eigenvalue weighted by molar-refractivity contribution is 0.628. The van der Waals surface area contributed by atoms with E-state index >= 15 is 0 Å². The molecule has 0 N–H and O–H groups in total. The van der Waals surface area contributed by atoms with Gasteiger partial charge >= 0.3 is 0 Å². The normalized spacial score (nSPS) is 10.0. The summed E-state index contributed by atoms with van der Waals surface area (Å²) >= 11 is 4.56. The maximum Gasteiger partial charge on any atom is 0.151 e. The number of halogens is 1. The van der Waals surface area contributed by atoms with E-state index in [-0.39, 0.29) is 5.69 Å². The number of aryl methyl sites for hydroxylation is 3. The van der Waals surface area contributed by atoms with Gasteiger partial charge in [0.2, 0.25) is 0 Å². The van der Waals surface area contributed by atoms with Gasteiger partial charge < -0.3 is 0 Å². The van der Waals surface area contributed by atoms with Crippen LogP contribution in [0.15, 0.2) is 35.3 Å². The summed E-state index contributed by atoms with van der Waals surface area (Å²) in [7, 11) is 0. The highest BCUT2D eigenvalue weighted by Gasteiger charge is 2.06. The van der Waals surface area contributed by atoms with Gasteiger partial charge in [-0.3, -0.25) is 0 Å². The number of rotatable bonds is 6. The molecule has 3 heteroatoms. The van der Waals surface area contributed by atoms with E-state index in [9.17, 15) is 4.39 Å². The summed E-state index contributed by atoms with van der Waals surface area (Å²) in [6.45, 7) is 6.15. The molecular formula is C23H24FNS. The quantitative estimate of drug-likeness (QED) is 0.244. The Hall–Kier alpha value is -2.27. The topological polar surface area (TPSA) is 12.4 Å². The Morgan fingerprint density at radius 2 is 1.88 bits per heavy atom. The Balaban J connectivity index is 2.28. The molecule has 26 heavy (non-hydrogen) atoms. The first-order valence-electron chi connectivity index (χ1n) is 9.10. The minimum Gasteiger partial charge on any atom is -0.205 e. The summed E-state index contributed by atoms with van der Waals surface area (Å²) in [5.74, 6) is 5.86. The fraction of sp³-hybridized carbons (Fsp3) is 0.348. The van der Waals surface area contributed by atoms with Crippen LogP contribution in [0, 0.1) is 24.6 Å². The molecule has 0 unspecified atom stereocenters. The Morgan fingerprint density at radius 3 is 2.54 bits per heavy atom. The molecule has 2 aromatic rings. The van der Waals surface area contributed by atoms with E-state index < -0.39 is 5.82 Å². The molecule has 0 aromatic heterocycles. The van der Waals surface area contributed by atoms with Gasteiger partial charge in [-0.05, 0) is 73.3 Å². The van der Waals surface area contributed by atoms with Gasteiger partial charge in [-0.2, -0.15) is 4.99 Å². The van der Waals surface area contributed by atoms with Gasteiger partial charge in [0.05, 0.1) is 5.16 Å². The van der Waals surface area contributed by atoms with Crippen LogP contribution in [0.25, 0.3) is 0 Å². The molecule has 0 saturated heterocycles. The number of unbranched alkanes of at least 4 members (excludes halogenated alkanes) is 2. The predicted octanol–water partition coefficient (Wildman–Crippen LogP) is 6.56. The van der Waals surface area contributed by atoms with Crippen molar-refractivity contribution in [3.05, 3.63) is 64.0 Å². The van der Waals surface area contributed by atoms with E-state index in [1.807, 2.05) is 6.07 Å². The lowest BCUT2D eigenvalue weighted by atomic mass is 9.98. The van der Waals surface area contributed by atoms with Crippen molar-refractivity contribution in [2.45, 2.75) is 52.9 Å². The van der Waals surface area contributed by atoms with E-state index in [1.54, 1.807) is 6.92 Å². The number of hydrogen-bond donors (Lipinski definition) is 0. The maximum absolute atomic E-state index is 14.1. The Morgan fingerprint density at radius 1 is 1.08 bits per heavy atom. The van der Waals surface area contributed by atoms with Crippen molar-refractivity contribution in [1.82, 2.24) is 0 Å². The third kappa shape index (κ3) is 5.36. The minimum atomic E-state index is -0.423. The summed E-state index contributed by atoms with van der Waals surface area (Å²) in [6, 6.07) is 9.72. The highest BCUT2D eigenvalue weighted by atomic mass is 32.1. The molecule has 2 aromatic carbocycles. The number of aliphatic imine (C=N–C) groups is 1. The van der Waals surface area contributed by atoms with Crippen molar-refractivity contribution in [3.63, 3.8) is 0 Å². The van der Waals surface area contributed by atoms with Gasteiger partial charge in [0.1, 0.15) is 5.69 Å². The van der Waals surface area contributed by atoms with Crippen molar-refractivity contribution < 1.29 is 4.39 Å². The van der Waals surface area contributed by atoms with Crippen molar-refractivity contribution >= 4 is 23.1 Å². The molecule has 0 fully saturated rings. The van der Waals surface area contributed by atoms with E-state index in [0.29, 0.717) is 11.1 Å². The van der Waals surface area contributed by atoms with Crippen LogP contribution in [0.5, 0.6) is 0 Å². The van der Waals surface area contributed by atoms with E-state index in [0.717, 1.165) is 18.4 Å². The SMILES string of the molecule is CCCCCc1ccc(C#Cc2cc(C)c(N=C=S)c(F)c2)c(CC)c1. The van der Waals surface area contributed by atoms with E-state index in [1.165, 1.54) is 36.5 Å². The lowest BCUT2D eigenvalue weighted by Crippen LogP contribution is -1.93. The van der Waals surface area contributed by atoms with E-state index in [2.05, 4.69) is 66.3 Å². The number of isothiocyanates is 1. The van der Waals surface area contributed by atoms with Crippen molar-refractivity contribution in [2.75, 3.05) is 0 Å². The second kappa shape index (κ2) is 10.0. The summed E-state index contributed by atoms with van der Waals surface area (Å²) in [6.07, 6.45) is 5.76. The molecule has 1 nitrogen and oxygen atoms in total. The lowest BCUT2D eigenvalue weighted by Gasteiger charge is -2.06. The van der Waals surface area contributed by atoms with Crippen molar-refractivity contribution in [1.29, 1.82) is 0 Å². The Labute approximate surface area is 161 Å². The maximum atomic E-state index is 14.1. The Bertz CT molecular complexity index is 860. The molecule has 0 aliphatic carbocycles. The van der Waals surface area contributed by atoms with Crippen LogP contribution in [-0.4, -0.2) is 5.16 Å². The number of hydrogen-bond acceptors (Lipinski definition) is 2. The number of benzene rings is 2. The van der Waals surface area contributed by atoms with Gasteiger partial charge in [-0.1, -0.05) is 50.7 Å². The van der Waals surface area contributed by atoms with Crippen LogP contribution in [0.3, 0.4) is 0 Å². The van der Waals surface area contributed by atoms with Gasteiger partial charge in [-0.15, -0.1) is 0 Å². The largest absolute Gasteiger partial charge is 0.205 e. The number of thiocarbonyl (C=S) groups is 1. The smallest absolute Gasteiger partial charge is 0.151 e. The fourth-order valence-corrected chi connectivity index (χ4v) is 3.02. The van der Waals surface area contributed by atoms with Crippen molar-refractivity contribution in [2.24, 2.45) is 4.99 Å². The van der Waals surface area contributed by atoms with Gasteiger partial charge in [0, 0.05) is 11.1 Å². The molecule has 0 aliphatic rings. The summed E-state index contributed by atoms with van der Waals surface area (Å²) in [4.78, 5) is 3.77. The van der Waals surface area contributed by atoms with Crippen molar-refractivity contribution in [3.8, 4) is 11.8 Å². The standard InChI is InChI=1S/C23H24FNS/c1-4-6-7-8-18-9-11-21(20(5-2)14-18)12-10-19-13-17(3)23(25-16-26)22(24)15-19/h9,11,13-15H,4-8H2,1-3H3. The summed E-state index contributed by atoms with van der Waals surface area (Å²) < 4.78 is 14.1. The molecule has 0 spiro atoms. The monoisotopic (exact) mass is 365 g/mol. The molecule has 2 rings (SSSR count). The molecule has 0 atom stereocenters. The molecule has 0 bridgehead atoms. The average molecular weight is 366 g/mol. The highest BCUT2D eigenvalue weighted by molar-refractivity contribution is 7.78. The van der Waals surface area contributed by atoms with Crippen LogP contribution < -0.4 is 0 Å². The molecular weight excluding hydrogens is 341 g/mol. The Kier molecular flexibility index (Phi) is 7.73. The fourth-order valence-electron chi connectivity index (χ4n) is 2.93. The summed E-state index contributed by atoms with van der Waals surface area (Å²) in [5, 5.41) is 2.21. The molecule has 0 aliphatic heterocycles. The molecule has 134 valence electrons. The van der Waals surface area contributed by atoms with Crippen LogP contribution in [0.4, 0.5) is 10.1 Å². The zero-order chi connectivity index (χ0) is 18.9. The predicted molar refractivity (Wildman–Crippen MR) is 111 cm³/mol.